The molecule has 0 saturated carbocycles. The average molecular weight is 247 g/mol. The fraction of sp³-hybridized carbons (Fsp3) is 0.0833. The van der Waals surface area contributed by atoms with E-state index >= 15 is 0 Å². The van der Waals surface area contributed by atoms with E-state index in [0.29, 0.717) is 17.1 Å². The highest BCUT2D eigenvalue weighted by Gasteiger charge is 2.15. The molecule has 0 bridgehead atoms. The van der Waals surface area contributed by atoms with Crippen LogP contribution < -0.4 is 0 Å². The smallest absolute Gasteiger partial charge is 0.202 e. The van der Waals surface area contributed by atoms with Gasteiger partial charge in [0, 0.05) is 18.6 Å². The number of oxazole rings is 1. The van der Waals surface area contributed by atoms with Gasteiger partial charge in [-0.15, -0.1) is 0 Å². The van der Waals surface area contributed by atoms with Crippen LogP contribution in [0, 0.1) is 18.6 Å². The van der Waals surface area contributed by atoms with Gasteiger partial charge in [0.15, 0.2) is 11.5 Å². The number of fused-ring (bicyclic) bond motifs is 1. The largest absolute Gasteiger partial charge is 0.437 e. The molecule has 3 rings (SSSR count). The van der Waals surface area contributed by atoms with Gasteiger partial charge < -0.3 is 4.42 Å². The first-order valence-corrected chi connectivity index (χ1v) is 5.19. The molecule has 0 aliphatic carbocycles. The molecule has 0 aliphatic heterocycles. The van der Waals surface area contributed by atoms with Crippen LogP contribution in [0.15, 0.2) is 28.9 Å². The van der Waals surface area contributed by atoms with Gasteiger partial charge in [0.05, 0.1) is 0 Å². The van der Waals surface area contributed by atoms with E-state index in [2.05, 4.69) is 15.0 Å². The fourth-order valence-electron chi connectivity index (χ4n) is 1.73. The zero-order chi connectivity index (χ0) is 12.7. The van der Waals surface area contributed by atoms with Crippen molar-refractivity contribution in [1.29, 1.82) is 0 Å². The average Bonchev–Trinajstić information content (AvgIpc) is 2.69. The summed E-state index contributed by atoms with van der Waals surface area (Å²) in [7, 11) is 0. The summed E-state index contributed by atoms with van der Waals surface area (Å²) in [5, 5.41) is 0. The lowest BCUT2D eigenvalue weighted by molar-refractivity contribution is 0.559. The van der Waals surface area contributed by atoms with E-state index in [4.69, 9.17) is 4.42 Å². The third-order valence-corrected chi connectivity index (χ3v) is 2.48. The van der Waals surface area contributed by atoms with Crippen molar-refractivity contribution in [3.63, 3.8) is 0 Å². The van der Waals surface area contributed by atoms with Crippen molar-refractivity contribution in [3.05, 3.63) is 42.1 Å². The highest BCUT2D eigenvalue weighted by molar-refractivity contribution is 5.85. The summed E-state index contributed by atoms with van der Waals surface area (Å²) in [6.45, 7) is 1.66. The molecule has 6 heteroatoms. The number of hydrogen-bond acceptors (Lipinski definition) is 4. The molecule has 0 fully saturated rings. The van der Waals surface area contributed by atoms with Crippen molar-refractivity contribution in [3.8, 4) is 11.3 Å². The van der Waals surface area contributed by atoms with Crippen molar-refractivity contribution < 1.29 is 13.2 Å². The first kappa shape index (κ1) is 10.8. The van der Waals surface area contributed by atoms with E-state index in [1.54, 1.807) is 6.92 Å². The monoisotopic (exact) mass is 247 g/mol. The van der Waals surface area contributed by atoms with Crippen molar-refractivity contribution >= 4 is 11.2 Å². The van der Waals surface area contributed by atoms with Gasteiger partial charge in [-0.25, -0.2) is 18.7 Å². The Balaban J connectivity index is 2.31. The number of rotatable bonds is 1. The Morgan fingerprint density at radius 3 is 2.78 bits per heavy atom. The quantitative estimate of drug-likeness (QED) is 0.663. The van der Waals surface area contributed by atoms with E-state index in [9.17, 15) is 8.78 Å². The van der Waals surface area contributed by atoms with Crippen LogP contribution in [0.2, 0.25) is 0 Å². The molecule has 0 N–H and O–H groups in total. The summed E-state index contributed by atoms with van der Waals surface area (Å²) in [5.74, 6) is -0.936. The Morgan fingerprint density at radius 2 is 2.00 bits per heavy atom. The molecule has 2 aromatic heterocycles. The molecule has 90 valence electrons. The van der Waals surface area contributed by atoms with Gasteiger partial charge in [-0.3, -0.25) is 0 Å². The van der Waals surface area contributed by atoms with Gasteiger partial charge in [0.1, 0.15) is 23.7 Å². The normalized spacial score (nSPS) is 11.1. The number of halogens is 2. The van der Waals surface area contributed by atoms with E-state index in [1.807, 2.05) is 0 Å². The predicted octanol–water partition coefficient (Wildman–Crippen LogP) is 2.87. The third-order valence-electron chi connectivity index (χ3n) is 2.48. The molecule has 4 nitrogen and oxygen atoms in total. The maximum absolute atomic E-state index is 13.7. The maximum Gasteiger partial charge on any atom is 0.202 e. The summed E-state index contributed by atoms with van der Waals surface area (Å²) in [5.41, 5.74) is 1.06. The zero-order valence-electron chi connectivity index (χ0n) is 9.32. The van der Waals surface area contributed by atoms with Crippen LogP contribution in [-0.4, -0.2) is 15.0 Å². The first-order valence-electron chi connectivity index (χ1n) is 5.19. The lowest BCUT2D eigenvalue weighted by Crippen LogP contribution is -1.91. The number of aryl methyl sites for hydroxylation is 1. The van der Waals surface area contributed by atoms with E-state index < -0.39 is 11.6 Å². The van der Waals surface area contributed by atoms with Gasteiger partial charge in [-0.1, -0.05) is 0 Å². The molecule has 0 aliphatic rings. The highest BCUT2D eigenvalue weighted by atomic mass is 19.1. The fourth-order valence-corrected chi connectivity index (χ4v) is 1.73. The number of hydrogen-bond donors (Lipinski definition) is 0. The van der Waals surface area contributed by atoms with Crippen molar-refractivity contribution in [2.45, 2.75) is 6.92 Å². The van der Waals surface area contributed by atoms with Crippen LogP contribution in [0.1, 0.15) is 5.89 Å². The van der Waals surface area contributed by atoms with Gasteiger partial charge in [0.25, 0.3) is 0 Å². The summed E-state index contributed by atoms with van der Waals surface area (Å²) >= 11 is 0. The van der Waals surface area contributed by atoms with Crippen LogP contribution in [0.5, 0.6) is 0 Å². The van der Waals surface area contributed by atoms with E-state index in [1.165, 1.54) is 12.4 Å². The molecule has 18 heavy (non-hydrogen) atoms. The Kier molecular flexibility index (Phi) is 2.29. The second-order valence-corrected chi connectivity index (χ2v) is 3.73. The Bertz CT molecular complexity index is 739. The molecule has 0 saturated heterocycles. The molecule has 3 aromatic rings. The lowest BCUT2D eigenvalue weighted by atomic mass is 10.1. The van der Waals surface area contributed by atoms with Gasteiger partial charge in [-0.2, -0.15) is 4.98 Å². The minimum Gasteiger partial charge on any atom is -0.437 e. The zero-order valence-corrected chi connectivity index (χ0v) is 9.32. The van der Waals surface area contributed by atoms with Crippen molar-refractivity contribution in [2.24, 2.45) is 0 Å². The van der Waals surface area contributed by atoms with Gasteiger partial charge in [0.2, 0.25) is 5.65 Å². The molecule has 0 amide bonds. The summed E-state index contributed by atoms with van der Waals surface area (Å²) < 4.78 is 31.9. The van der Waals surface area contributed by atoms with Gasteiger partial charge in [-0.05, 0) is 12.1 Å². The van der Waals surface area contributed by atoms with Crippen molar-refractivity contribution in [2.75, 3.05) is 0 Å². The molecule has 0 spiro atoms. The second-order valence-electron chi connectivity index (χ2n) is 3.73. The summed E-state index contributed by atoms with van der Waals surface area (Å²) in [4.78, 5) is 11.9. The SMILES string of the molecule is Cc1nc2ncnc(-c3ccc(F)cc3F)c2o1. The standard InChI is InChI=1S/C12H7F2N3O/c1-6-17-12-11(18-6)10(15-5-16-12)8-3-2-7(13)4-9(8)14/h2-5H,1H3. The summed E-state index contributed by atoms with van der Waals surface area (Å²) in [6, 6.07) is 3.27. The van der Waals surface area contributed by atoms with Crippen molar-refractivity contribution in [1.82, 2.24) is 15.0 Å². The minimum atomic E-state index is -0.705. The van der Waals surface area contributed by atoms with Crippen LogP contribution in [0.4, 0.5) is 8.78 Å². The number of aromatic nitrogens is 3. The highest BCUT2D eigenvalue weighted by Crippen LogP contribution is 2.28. The molecule has 0 unspecified atom stereocenters. The van der Waals surface area contributed by atoms with Crippen LogP contribution in [0.3, 0.4) is 0 Å². The van der Waals surface area contributed by atoms with Gasteiger partial charge >= 0.3 is 0 Å². The Labute approximate surface area is 100 Å². The third kappa shape index (κ3) is 1.62. The molecule has 1 aromatic carbocycles. The second kappa shape index (κ2) is 3.83. The summed E-state index contributed by atoms with van der Waals surface area (Å²) in [6.07, 6.45) is 1.27. The minimum absolute atomic E-state index is 0.153. The number of benzene rings is 1. The van der Waals surface area contributed by atoms with Crippen LogP contribution >= 0.6 is 0 Å². The number of nitrogens with zero attached hydrogens (tertiary/aromatic N) is 3. The van der Waals surface area contributed by atoms with Crippen LogP contribution in [-0.2, 0) is 0 Å². The van der Waals surface area contributed by atoms with E-state index in [0.717, 1.165) is 12.1 Å². The maximum atomic E-state index is 13.7. The lowest BCUT2D eigenvalue weighted by Gasteiger charge is -2.02. The molecule has 0 radical (unpaired) electrons. The molecule has 2 heterocycles. The van der Waals surface area contributed by atoms with E-state index in [-0.39, 0.29) is 11.3 Å². The molecular formula is C12H7F2N3O. The molecular weight excluding hydrogens is 240 g/mol. The first-order chi connectivity index (χ1) is 8.65. The molecule has 0 atom stereocenters. The Morgan fingerprint density at radius 1 is 1.17 bits per heavy atom. The van der Waals surface area contributed by atoms with Crippen LogP contribution in [0.25, 0.3) is 22.5 Å². The Hall–Kier alpha value is -2.37. The predicted molar refractivity (Wildman–Crippen MR) is 59.7 cm³/mol. The topological polar surface area (TPSA) is 51.8 Å².